The zero-order chi connectivity index (χ0) is 17.9. The van der Waals surface area contributed by atoms with E-state index in [1.54, 1.807) is 14.1 Å². The van der Waals surface area contributed by atoms with Crippen LogP contribution in [0.15, 0.2) is 23.1 Å². The summed E-state index contributed by atoms with van der Waals surface area (Å²) < 4.78 is 40.0. The van der Waals surface area contributed by atoms with Crippen molar-refractivity contribution in [3.8, 4) is 0 Å². The number of rotatable bonds is 4. The molecule has 134 valence electrons. The zero-order valence-corrected chi connectivity index (χ0v) is 15.3. The predicted octanol–water partition coefficient (Wildman–Crippen LogP) is 1.26. The topological polar surface area (TPSA) is 60.9 Å². The first-order valence-corrected chi connectivity index (χ1v) is 9.41. The maximum absolute atomic E-state index is 13.1. The highest BCUT2D eigenvalue weighted by atomic mass is 35.5. The van der Waals surface area contributed by atoms with Crippen LogP contribution in [0.25, 0.3) is 0 Å². The van der Waals surface area contributed by atoms with E-state index in [1.165, 1.54) is 15.3 Å². The molecule has 2 rings (SSSR count). The lowest BCUT2D eigenvalue weighted by molar-refractivity contribution is -0.129. The van der Waals surface area contributed by atoms with E-state index in [1.807, 2.05) is 4.90 Å². The van der Waals surface area contributed by atoms with Crippen molar-refractivity contribution in [3.63, 3.8) is 0 Å². The Bertz CT molecular complexity index is 712. The first kappa shape index (κ1) is 19.1. The van der Waals surface area contributed by atoms with E-state index in [-0.39, 0.29) is 28.9 Å². The van der Waals surface area contributed by atoms with Crippen LogP contribution in [0.1, 0.15) is 6.42 Å². The second kappa shape index (κ2) is 7.77. The highest BCUT2D eigenvalue weighted by Gasteiger charge is 2.29. The van der Waals surface area contributed by atoms with Gasteiger partial charge >= 0.3 is 0 Å². The number of halogens is 2. The van der Waals surface area contributed by atoms with Gasteiger partial charge in [0.2, 0.25) is 15.9 Å². The third-order valence-electron chi connectivity index (χ3n) is 3.92. The zero-order valence-electron chi connectivity index (χ0n) is 13.7. The van der Waals surface area contributed by atoms with Gasteiger partial charge in [0.1, 0.15) is 10.7 Å². The van der Waals surface area contributed by atoms with Crippen LogP contribution in [-0.4, -0.2) is 75.2 Å². The molecule has 0 aromatic heterocycles. The number of carbonyl (C=O) groups is 1. The summed E-state index contributed by atoms with van der Waals surface area (Å²) in [6.45, 7) is 1.96. The van der Waals surface area contributed by atoms with Crippen LogP contribution in [0.3, 0.4) is 0 Å². The molecule has 1 heterocycles. The molecule has 1 aromatic rings. The third-order valence-corrected chi connectivity index (χ3v) is 6.30. The van der Waals surface area contributed by atoms with Gasteiger partial charge in [0.25, 0.3) is 0 Å². The fraction of sp³-hybridized carbons (Fsp3) is 0.533. The Balaban J connectivity index is 2.11. The molecule has 0 saturated carbocycles. The summed E-state index contributed by atoms with van der Waals surface area (Å²) in [4.78, 5) is 15.2. The Morgan fingerprint density at radius 1 is 1.25 bits per heavy atom. The lowest BCUT2D eigenvalue weighted by Crippen LogP contribution is -2.39. The summed E-state index contributed by atoms with van der Waals surface area (Å²) in [5.74, 6) is -0.601. The van der Waals surface area contributed by atoms with Gasteiger partial charge in [-0.15, -0.1) is 0 Å². The van der Waals surface area contributed by atoms with Gasteiger partial charge in [0, 0.05) is 33.7 Å². The van der Waals surface area contributed by atoms with Crippen molar-refractivity contribution in [2.45, 2.75) is 11.3 Å². The maximum Gasteiger partial charge on any atom is 0.244 e. The van der Waals surface area contributed by atoms with Crippen molar-refractivity contribution >= 4 is 27.5 Å². The quantitative estimate of drug-likeness (QED) is 0.792. The molecule has 0 aliphatic carbocycles. The van der Waals surface area contributed by atoms with Gasteiger partial charge in [-0.2, -0.15) is 4.31 Å². The summed E-state index contributed by atoms with van der Waals surface area (Å²) in [5.41, 5.74) is 0. The van der Waals surface area contributed by atoms with Gasteiger partial charge < -0.3 is 4.90 Å². The van der Waals surface area contributed by atoms with Crippen molar-refractivity contribution in [2.24, 2.45) is 0 Å². The second-order valence-electron chi connectivity index (χ2n) is 5.90. The van der Waals surface area contributed by atoms with E-state index in [0.717, 1.165) is 12.1 Å². The molecule has 0 bridgehead atoms. The van der Waals surface area contributed by atoms with Gasteiger partial charge in [-0.05, 0) is 31.2 Å². The van der Waals surface area contributed by atoms with E-state index in [2.05, 4.69) is 0 Å². The molecule has 24 heavy (non-hydrogen) atoms. The van der Waals surface area contributed by atoms with Crippen LogP contribution in [0.5, 0.6) is 0 Å². The van der Waals surface area contributed by atoms with Crippen molar-refractivity contribution in [2.75, 3.05) is 46.8 Å². The molecule has 1 fully saturated rings. The average Bonchev–Trinajstić information content (AvgIpc) is 2.72. The van der Waals surface area contributed by atoms with Gasteiger partial charge in [0.15, 0.2) is 0 Å². The minimum atomic E-state index is -3.79. The first-order chi connectivity index (χ1) is 11.2. The van der Waals surface area contributed by atoms with Crippen LogP contribution in [0.4, 0.5) is 4.39 Å². The van der Waals surface area contributed by atoms with Crippen LogP contribution in [0, 0.1) is 5.82 Å². The van der Waals surface area contributed by atoms with E-state index < -0.39 is 15.8 Å². The molecule has 1 aliphatic rings. The van der Waals surface area contributed by atoms with E-state index in [4.69, 9.17) is 11.6 Å². The Morgan fingerprint density at radius 2 is 1.96 bits per heavy atom. The standard InChI is InChI=1S/C15H21ClFN3O3S/c1-18(2)15(21)11-19-6-3-7-20(9-8-19)24(22,23)14-5-4-12(17)10-13(14)16/h4-5,10H,3,6-9,11H2,1-2H3. The van der Waals surface area contributed by atoms with E-state index in [9.17, 15) is 17.6 Å². The Morgan fingerprint density at radius 3 is 2.58 bits per heavy atom. The molecule has 0 unspecified atom stereocenters. The lowest BCUT2D eigenvalue weighted by atomic mass is 10.3. The minimum Gasteiger partial charge on any atom is -0.348 e. The number of hydrogen-bond donors (Lipinski definition) is 0. The van der Waals surface area contributed by atoms with E-state index in [0.29, 0.717) is 26.1 Å². The van der Waals surface area contributed by atoms with Gasteiger partial charge in [-0.25, -0.2) is 12.8 Å². The number of hydrogen-bond acceptors (Lipinski definition) is 4. The number of nitrogens with zero attached hydrogens (tertiary/aromatic N) is 3. The molecule has 1 aromatic carbocycles. The molecule has 1 aliphatic heterocycles. The molecule has 9 heteroatoms. The van der Waals surface area contributed by atoms with Crippen molar-refractivity contribution in [1.82, 2.24) is 14.1 Å². The fourth-order valence-corrected chi connectivity index (χ4v) is 4.48. The van der Waals surface area contributed by atoms with Gasteiger partial charge in [0.05, 0.1) is 11.6 Å². The number of amides is 1. The largest absolute Gasteiger partial charge is 0.348 e. The van der Waals surface area contributed by atoms with Crippen molar-refractivity contribution in [3.05, 3.63) is 29.0 Å². The summed E-state index contributed by atoms with van der Waals surface area (Å²) >= 11 is 5.90. The molecular weight excluding hydrogens is 357 g/mol. The third kappa shape index (κ3) is 4.44. The van der Waals surface area contributed by atoms with Crippen LogP contribution < -0.4 is 0 Å². The fourth-order valence-electron chi connectivity index (χ4n) is 2.50. The highest BCUT2D eigenvalue weighted by Crippen LogP contribution is 2.26. The summed E-state index contributed by atoms with van der Waals surface area (Å²) in [6.07, 6.45) is 0.610. The Labute approximate surface area is 146 Å². The minimum absolute atomic E-state index is 0.0205. The molecule has 0 atom stereocenters. The van der Waals surface area contributed by atoms with Crippen LogP contribution >= 0.6 is 11.6 Å². The Hall–Kier alpha value is -1.22. The van der Waals surface area contributed by atoms with Crippen LogP contribution in [-0.2, 0) is 14.8 Å². The number of likely N-dealkylation sites (N-methyl/N-ethyl adjacent to an activating group) is 1. The molecule has 6 nitrogen and oxygen atoms in total. The summed E-state index contributed by atoms with van der Waals surface area (Å²) in [5, 5.41) is -0.126. The molecular formula is C15H21ClFN3O3S. The monoisotopic (exact) mass is 377 g/mol. The van der Waals surface area contributed by atoms with Gasteiger partial charge in [-0.3, -0.25) is 9.69 Å². The molecule has 1 saturated heterocycles. The lowest BCUT2D eigenvalue weighted by Gasteiger charge is -2.22. The number of benzene rings is 1. The smallest absolute Gasteiger partial charge is 0.244 e. The number of carbonyl (C=O) groups excluding carboxylic acids is 1. The van der Waals surface area contributed by atoms with Crippen molar-refractivity contribution < 1.29 is 17.6 Å². The molecule has 0 radical (unpaired) electrons. The number of sulfonamides is 1. The highest BCUT2D eigenvalue weighted by molar-refractivity contribution is 7.89. The normalized spacial score (nSPS) is 17.5. The Kier molecular flexibility index (Phi) is 6.19. The van der Waals surface area contributed by atoms with Crippen molar-refractivity contribution in [1.29, 1.82) is 0 Å². The van der Waals surface area contributed by atoms with Gasteiger partial charge in [-0.1, -0.05) is 11.6 Å². The second-order valence-corrected chi connectivity index (χ2v) is 8.21. The first-order valence-electron chi connectivity index (χ1n) is 7.59. The summed E-state index contributed by atoms with van der Waals surface area (Å²) in [7, 11) is -0.412. The summed E-state index contributed by atoms with van der Waals surface area (Å²) in [6, 6.07) is 3.26. The molecule has 0 N–H and O–H groups in total. The molecule has 0 spiro atoms. The predicted molar refractivity (Wildman–Crippen MR) is 89.9 cm³/mol. The molecule has 1 amide bonds. The SMILES string of the molecule is CN(C)C(=O)CN1CCCN(S(=O)(=O)c2ccc(F)cc2Cl)CC1. The maximum atomic E-state index is 13.1. The van der Waals surface area contributed by atoms with Crippen LogP contribution in [0.2, 0.25) is 5.02 Å². The van der Waals surface area contributed by atoms with E-state index >= 15 is 0 Å². The average molecular weight is 378 g/mol.